The lowest BCUT2D eigenvalue weighted by Crippen LogP contribution is -2.29. The van der Waals surface area contributed by atoms with Crippen molar-refractivity contribution in [2.75, 3.05) is 7.11 Å². The van der Waals surface area contributed by atoms with E-state index in [2.05, 4.69) is 15.5 Å². The zero-order valence-electron chi connectivity index (χ0n) is 14.3. The van der Waals surface area contributed by atoms with E-state index in [0.717, 1.165) is 11.1 Å². The number of methoxy groups -OCH3 is 1. The first-order valence-electron chi connectivity index (χ1n) is 7.94. The predicted molar refractivity (Wildman–Crippen MR) is 96.0 cm³/mol. The lowest BCUT2D eigenvalue weighted by atomic mass is 10.0. The van der Waals surface area contributed by atoms with Gasteiger partial charge in [0, 0.05) is 10.9 Å². The van der Waals surface area contributed by atoms with Crippen molar-refractivity contribution in [1.29, 1.82) is 0 Å². The van der Waals surface area contributed by atoms with Crippen LogP contribution in [0.2, 0.25) is 0 Å². The van der Waals surface area contributed by atoms with Crippen LogP contribution in [0.25, 0.3) is 10.8 Å². The maximum absolute atomic E-state index is 12.7. The van der Waals surface area contributed by atoms with E-state index in [0.29, 0.717) is 16.5 Å². The van der Waals surface area contributed by atoms with Crippen molar-refractivity contribution in [1.82, 2.24) is 15.5 Å². The van der Waals surface area contributed by atoms with Crippen molar-refractivity contribution >= 4 is 16.7 Å². The molecule has 2 aromatic carbocycles. The summed E-state index contributed by atoms with van der Waals surface area (Å²) in [6.45, 7) is 3.86. The van der Waals surface area contributed by atoms with Crippen LogP contribution in [0.4, 0.5) is 0 Å². The van der Waals surface area contributed by atoms with Crippen LogP contribution in [0, 0.1) is 6.92 Å². The number of H-pyrrole nitrogens is 1. The summed E-state index contributed by atoms with van der Waals surface area (Å²) in [5, 5.41) is 10.2. The van der Waals surface area contributed by atoms with E-state index in [-0.39, 0.29) is 23.2 Å². The molecule has 25 heavy (non-hydrogen) atoms. The molecule has 0 aliphatic carbocycles. The summed E-state index contributed by atoms with van der Waals surface area (Å²) in [7, 11) is 1.60. The van der Waals surface area contributed by atoms with Gasteiger partial charge in [-0.1, -0.05) is 35.9 Å². The van der Waals surface area contributed by atoms with Crippen LogP contribution in [0.3, 0.4) is 0 Å². The molecule has 0 fully saturated rings. The first-order valence-corrected chi connectivity index (χ1v) is 7.94. The molecule has 0 saturated heterocycles. The van der Waals surface area contributed by atoms with E-state index >= 15 is 0 Å². The zero-order valence-corrected chi connectivity index (χ0v) is 14.3. The van der Waals surface area contributed by atoms with Gasteiger partial charge in [0.05, 0.1) is 18.5 Å². The number of benzene rings is 2. The van der Waals surface area contributed by atoms with Gasteiger partial charge in [-0.05, 0) is 26.0 Å². The van der Waals surface area contributed by atoms with Crippen LogP contribution >= 0.6 is 0 Å². The monoisotopic (exact) mass is 337 g/mol. The number of carbonyl (C=O) groups is 1. The van der Waals surface area contributed by atoms with E-state index in [9.17, 15) is 9.59 Å². The molecule has 0 saturated carbocycles. The zero-order chi connectivity index (χ0) is 18.0. The summed E-state index contributed by atoms with van der Waals surface area (Å²) >= 11 is 0. The van der Waals surface area contributed by atoms with Gasteiger partial charge in [-0.2, -0.15) is 5.10 Å². The first kappa shape index (κ1) is 16.7. The second-order valence-electron chi connectivity index (χ2n) is 5.89. The average Bonchev–Trinajstić information content (AvgIpc) is 2.62. The molecule has 6 heteroatoms. The number of hydrogen-bond acceptors (Lipinski definition) is 4. The lowest BCUT2D eigenvalue weighted by Gasteiger charge is -2.18. The van der Waals surface area contributed by atoms with Crippen LogP contribution in [0.1, 0.15) is 34.6 Å². The minimum atomic E-state index is -0.358. The lowest BCUT2D eigenvalue weighted by molar-refractivity contribution is 0.0935. The maximum Gasteiger partial charge on any atom is 0.272 e. The molecule has 2 N–H and O–H groups in total. The largest absolute Gasteiger partial charge is 0.496 e. The number of nitrogens with zero attached hydrogens (tertiary/aromatic N) is 1. The normalized spacial score (nSPS) is 12.0. The van der Waals surface area contributed by atoms with Crippen LogP contribution in [-0.4, -0.2) is 23.2 Å². The molecule has 128 valence electrons. The van der Waals surface area contributed by atoms with Crippen LogP contribution < -0.4 is 15.6 Å². The highest BCUT2D eigenvalue weighted by Crippen LogP contribution is 2.26. The van der Waals surface area contributed by atoms with Crippen molar-refractivity contribution in [3.05, 3.63) is 69.6 Å². The Hall–Kier alpha value is -3.15. The van der Waals surface area contributed by atoms with Gasteiger partial charge in [0.25, 0.3) is 11.5 Å². The van der Waals surface area contributed by atoms with Crippen molar-refractivity contribution in [3.63, 3.8) is 0 Å². The van der Waals surface area contributed by atoms with E-state index in [1.54, 1.807) is 31.4 Å². The van der Waals surface area contributed by atoms with Gasteiger partial charge in [0.2, 0.25) is 0 Å². The third-order valence-corrected chi connectivity index (χ3v) is 4.11. The molecule has 0 radical (unpaired) electrons. The molecule has 1 atom stereocenters. The summed E-state index contributed by atoms with van der Waals surface area (Å²) in [6.07, 6.45) is 0. The summed E-state index contributed by atoms with van der Waals surface area (Å²) in [4.78, 5) is 24.6. The summed E-state index contributed by atoms with van der Waals surface area (Å²) in [5.74, 6) is 0.348. The van der Waals surface area contributed by atoms with E-state index in [4.69, 9.17) is 4.74 Å². The Balaban J connectivity index is 1.94. The molecule has 3 rings (SSSR count). The minimum Gasteiger partial charge on any atom is -0.496 e. The molecular weight excluding hydrogens is 318 g/mol. The Labute approximate surface area is 144 Å². The average molecular weight is 337 g/mol. The SMILES string of the molecule is COc1ccc(C)cc1[C@@H](C)NC(=O)c1n[nH]c(=O)c2ccccc12. The van der Waals surface area contributed by atoms with Crippen molar-refractivity contribution in [2.24, 2.45) is 0 Å². The Morgan fingerprint density at radius 2 is 1.92 bits per heavy atom. The number of nitrogens with one attached hydrogen (secondary N) is 2. The molecule has 0 bridgehead atoms. The van der Waals surface area contributed by atoms with Crippen LogP contribution in [-0.2, 0) is 0 Å². The summed E-state index contributed by atoms with van der Waals surface area (Å²) < 4.78 is 5.38. The van der Waals surface area contributed by atoms with Gasteiger partial charge in [-0.25, -0.2) is 5.10 Å². The number of aromatic nitrogens is 2. The molecule has 6 nitrogen and oxygen atoms in total. The fourth-order valence-corrected chi connectivity index (χ4v) is 2.82. The van der Waals surface area contributed by atoms with Gasteiger partial charge < -0.3 is 10.1 Å². The highest BCUT2D eigenvalue weighted by molar-refractivity contribution is 6.04. The Kier molecular flexibility index (Phi) is 4.52. The number of carbonyl (C=O) groups excluding carboxylic acids is 1. The highest BCUT2D eigenvalue weighted by atomic mass is 16.5. The fraction of sp³-hybridized carbons (Fsp3) is 0.211. The molecule has 1 aromatic heterocycles. The first-order chi connectivity index (χ1) is 12.0. The maximum atomic E-state index is 12.7. The summed E-state index contributed by atoms with van der Waals surface area (Å²) in [5.41, 5.74) is 1.82. The quantitative estimate of drug-likeness (QED) is 0.767. The minimum absolute atomic E-state index is 0.189. The van der Waals surface area contributed by atoms with Crippen molar-refractivity contribution < 1.29 is 9.53 Å². The van der Waals surface area contributed by atoms with Gasteiger partial charge in [0.15, 0.2) is 5.69 Å². The Morgan fingerprint density at radius 3 is 2.64 bits per heavy atom. The number of fused-ring (bicyclic) bond motifs is 1. The number of aryl methyl sites for hydroxylation is 1. The smallest absolute Gasteiger partial charge is 0.272 e. The van der Waals surface area contributed by atoms with E-state index in [1.807, 2.05) is 32.0 Å². The predicted octanol–water partition coefficient (Wildman–Crippen LogP) is 2.73. The second-order valence-corrected chi connectivity index (χ2v) is 5.89. The van der Waals surface area contributed by atoms with Gasteiger partial charge in [-0.3, -0.25) is 9.59 Å². The van der Waals surface area contributed by atoms with Gasteiger partial charge >= 0.3 is 0 Å². The third-order valence-electron chi connectivity index (χ3n) is 4.11. The molecule has 3 aromatic rings. The van der Waals surface area contributed by atoms with Gasteiger partial charge in [0.1, 0.15) is 5.75 Å². The Morgan fingerprint density at radius 1 is 1.20 bits per heavy atom. The molecular formula is C19H19N3O3. The number of ether oxygens (including phenoxy) is 1. The highest BCUT2D eigenvalue weighted by Gasteiger charge is 2.19. The topological polar surface area (TPSA) is 84.1 Å². The molecule has 0 spiro atoms. The Bertz CT molecular complexity index is 995. The molecule has 0 unspecified atom stereocenters. The third kappa shape index (κ3) is 3.24. The summed E-state index contributed by atoms with van der Waals surface area (Å²) in [6, 6.07) is 12.4. The second kappa shape index (κ2) is 6.76. The van der Waals surface area contributed by atoms with Crippen LogP contribution in [0.15, 0.2) is 47.3 Å². The van der Waals surface area contributed by atoms with Crippen LogP contribution in [0.5, 0.6) is 5.75 Å². The standard InChI is InChI=1S/C19H19N3O3/c1-11-8-9-16(25-3)15(10-11)12(2)20-19(24)17-13-6-4-5-7-14(13)18(23)22-21-17/h4-10,12H,1-3H3,(H,20,24)(H,22,23)/t12-/m1/s1. The number of rotatable bonds is 4. The molecule has 0 aliphatic rings. The van der Waals surface area contributed by atoms with Crippen molar-refractivity contribution in [2.45, 2.75) is 19.9 Å². The van der Waals surface area contributed by atoms with Crippen molar-refractivity contribution in [3.8, 4) is 5.75 Å². The fourth-order valence-electron chi connectivity index (χ4n) is 2.82. The molecule has 0 aliphatic heterocycles. The molecule has 1 heterocycles. The number of amides is 1. The van der Waals surface area contributed by atoms with E-state index < -0.39 is 0 Å². The van der Waals surface area contributed by atoms with Gasteiger partial charge in [-0.15, -0.1) is 0 Å². The van der Waals surface area contributed by atoms with E-state index in [1.165, 1.54) is 0 Å². The molecule has 1 amide bonds. The number of hydrogen-bond donors (Lipinski definition) is 2. The number of aromatic amines is 1.